The molecule has 0 fully saturated rings. The van der Waals surface area contributed by atoms with Crippen LogP contribution in [0.3, 0.4) is 0 Å². The molecule has 1 aromatic heterocycles. The number of allylic oxidation sites excluding steroid dienone is 1. The van der Waals surface area contributed by atoms with Gasteiger partial charge in [0.25, 0.3) is 0 Å². The van der Waals surface area contributed by atoms with E-state index < -0.39 is 0 Å². The predicted molar refractivity (Wildman–Crippen MR) is 79.0 cm³/mol. The summed E-state index contributed by atoms with van der Waals surface area (Å²) in [5, 5.41) is 4.16. The molecule has 0 aliphatic rings. The standard InChI is InChI=1S/C16H18N2O2/c1-12(2)18-11-14(10-17-18)16(19)8-7-13-5-4-6-15(9-13)20-3/h4-12H,1-3H3. The summed E-state index contributed by atoms with van der Waals surface area (Å²) in [5.74, 6) is 0.715. The number of ketones is 1. The number of aromatic nitrogens is 2. The Bertz CT molecular complexity index is 627. The maximum Gasteiger partial charge on any atom is 0.189 e. The second-order valence-corrected chi connectivity index (χ2v) is 4.78. The number of rotatable bonds is 5. The van der Waals surface area contributed by atoms with Gasteiger partial charge in [-0.05, 0) is 37.6 Å². The average Bonchev–Trinajstić information content (AvgIpc) is 2.95. The van der Waals surface area contributed by atoms with E-state index in [1.165, 1.54) is 0 Å². The third kappa shape index (κ3) is 3.35. The summed E-state index contributed by atoms with van der Waals surface area (Å²) in [6.45, 7) is 4.04. The summed E-state index contributed by atoms with van der Waals surface area (Å²) < 4.78 is 6.91. The normalized spacial score (nSPS) is 11.2. The predicted octanol–water partition coefficient (Wildman–Crippen LogP) is 3.37. The minimum atomic E-state index is -0.0558. The van der Waals surface area contributed by atoms with E-state index >= 15 is 0 Å². The Morgan fingerprint density at radius 3 is 2.85 bits per heavy atom. The van der Waals surface area contributed by atoms with Gasteiger partial charge < -0.3 is 4.74 Å². The van der Waals surface area contributed by atoms with E-state index in [0.717, 1.165) is 11.3 Å². The van der Waals surface area contributed by atoms with Crippen LogP contribution in [0.2, 0.25) is 0 Å². The van der Waals surface area contributed by atoms with Gasteiger partial charge in [0.2, 0.25) is 0 Å². The third-order valence-corrected chi connectivity index (χ3v) is 2.94. The number of carbonyl (C=O) groups is 1. The zero-order valence-corrected chi connectivity index (χ0v) is 11.9. The summed E-state index contributed by atoms with van der Waals surface area (Å²) in [7, 11) is 1.62. The monoisotopic (exact) mass is 270 g/mol. The molecule has 0 amide bonds. The van der Waals surface area contributed by atoms with Gasteiger partial charge in [0.05, 0.1) is 18.9 Å². The highest BCUT2D eigenvalue weighted by Gasteiger charge is 2.07. The highest BCUT2D eigenvalue weighted by Crippen LogP contribution is 2.14. The second kappa shape index (κ2) is 6.19. The Hall–Kier alpha value is -2.36. The van der Waals surface area contributed by atoms with Gasteiger partial charge in [-0.15, -0.1) is 0 Å². The summed E-state index contributed by atoms with van der Waals surface area (Å²) in [6.07, 6.45) is 6.69. The van der Waals surface area contributed by atoms with E-state index in [0.29, 0.717) is 5.56 Å². The van der Waals surface area contributed by atoms with Gasteiger partial charge in [-0.2, -0.15) is 5.10 Å². The molecule has 104 valence electrons. The lowest BCUT2D eigenvalue weighted by atomic mass is 10.1. The van der Waals surface area contributed by atoms with Crippen molar-refractivity contribution in [3.8, 4) is 5.75 Å². The van der Waals surface area contributed by atoms with E-state index in [1.54, 1.807) is 36.3 Å². The molecular formula is C16H18N2O2. The zero-order chi connectivity index (χ0) is 14.5. The van der Waals surface area contributed by atoms with Crippen molar-refractivity contribution in [3.63, 3.8) is 0 Å². The molecule has 0 bridgehead atoms. The van der Waals surface area contributed by atoms with Gasteiger partial charge in [-0.25, -0.2) is 0 Å². The van der Waals surface area contributed by atoms with E-state index in [-0.39, 0.29) is 11.8 Å². The summed E-state index contributed by atoms with van der Waals surface area (Å²) >= 11 is 0. The first-order valence-corrected chi connectivity index (χ1v) is 6.51. The molecule has 2 aromatic rings. The molecule has 20 heavy (non-hydrogen) atoms. The first kappa shape index (κ1) is 14.1. The van der Waals surface area contributed by atoms with Crippen molar-refractivity contribution in [3.05, 3.63) is 53.9 Å². The molecule has 4 nitrogen and oxygen atoms in total. The topological polar surface area (TPSA) is 44.1 Å². The Morgan fingerprint density at radius 2 is 2.20 bits per heavy atom. The average molecular weight is 270 g/mol. The maximum absolute atomic E-state index is 12.0. The number of ether oxygens (including phenoxy) is 1. The minimum Gasteiger partial charge on any atom is -0.497 e. The van der Waals surface area contributed by atoms with Gasteiger partial charge in [-0.3, -0.25) is 9.48 Å². The van der Waals surface area contributed by atoms with Gasteiger partial charge in [0, 0.05) is 12.2 Å². The Morgan fingerprint density at radius 1 is 1.40 bits per heavy atom. The SMILES string of the molecule is COc1cccc(C=CC(=O)c2cnn(C(C)C)c2)c1. The summed E-state index contributed by atoms with van der Waals surface area (Å²) in [6, 6.07) is 7.80. The molecule has 1 aromatic carbocycles. The van der Waals surface area contributed by atoms with E-state index in [4.69, 9.17) is 4.74 Å². The molecular weight excluding hydrogens is 252 g/mol. The smallest absolute Gasteiger partial charge is 0.189 e. The zero-order valence-electron chi connectivity index (χ0n) is 11.9. The van der Waals surface area contributed by atoms with Crippen molar-refractivity contribution in [2.24, 2.45) is 0 Å². The molecule has 0 aliphatic carbocycles. The largest absolute Gasteiger partial charge is 0.497 e. The molecule has 0 N–H and O–H groups in total. The second-order valence-electron chi connectivity index (χ2n) is 4.78. The van der Waals surface area contributed by atoms with Crippen LogP contribution in [0.4, 0.5) is 0 Å². The van der Waals surface area contributed by atoms with Crippen molar-refractivity contribution in [1.82, 2.24) is 9.78 Å². The van der Waals surface area contributed by atoms with Crippen molar-refractivity contribution in [2.75, 3.05) is 7.11 Å². The first-order chi connectivity index (χ1) is 9.60. The highest BCUT2D eigenvalue weighted by atomic mass is 16.5. The molecule has 0 saturated heterocycles. The van der Waals surface area contributed by atoms with E-state index in [1.807, 2.05) is 38.1 Å². The highest BCUT2D eigenvalue weighted by molar-refractivity contribution is 6.06. The molecule has 0 aliphatic heterocycles. The van der Waals surface area contributed by atoms with Crippen LogP contribution in [0.25, 0.3) is 6.08 Å². The van der Waals surface area contributed by atoms with Crippen molar-refractivity contribution < 1.29 is 9.53 Å². The number of carbonyl (C=O) groups excluding carboxylic acids is 1. The lowest BCUT2D eigenvalue weighted by molar-refractivity contribution is 0.104. The van der Waals surface area contributed by atoms with Crippen LogP contribution >= 0.6 is 0 Å². The van der Waals surface area contributed by atoms with Crippen LogP contribution in [-0.4, -0.2) is 22.7 Å². The quantitative estimate of drug-likeness (QED) is 0.618. The van der Waals surface area contributed by atoms with Crippen LogP contribution in [0.1, 0.15) is 35.8 Å². The first-order valence-electron chi connectivity index (χ1n) is 6.51. The third-order valence-electron chi connectivity index (χ3n) is 2.94. The van der Waals surface area contributed by atoms with Crippen LogP contribution in [-0.2, 0) is 0 Å². The fraction of sp³-hybridized carbons (Fsp3) is 0.250. The molecule has 0 spiro atoms. The van der Waals surface area contributed by atoms with Crippen LogP contribution in [0.15, 0.2) is 42.7 Å². The Balaban J connectivity index is 2.11. The summed E-state index contributed by atoms with van der Waals surface area (Å²) in [4.78, 5) is 12.0. The molecule has 4 heteroatoms. The van der Waals surface area contributed by atoms with Crippen LogP contribution < -0.4 is 4.74 Å². The van der Waals surface area contributed by atoms with E-state index in [9.17, 15) is 4.79 Å². The lowest BCUT2D eigenvalue weighted by Gasteiger charge is -2.02. The number of benzene rings is 1. The minimum absolute atomic E-state index is 0.0558. The van der Waals surface area contributed by atoms with Gasteiger partial charge in [0.15, 0.2) is 5.78 Å². The molecule has 0 radical (unpaired) electrons. The number of hydrogen-bond donors (Lipinski definition) is 0. The molecule has 0 unspecified atom stereocenters. The van der Waals surface area contributed by atoms with Crippen molar-refractivity contribution in [2.45, 2.75) is 19.9 Å². The van der Waals surface area contributed by atoms with Gasteiger partial charge in [0.1, 0.15) is 5.75 Å². The summed E-state index contributed by atoms with van der Waals surface area (Å²) in [5.41, 5.74) is 1.52. The number of methoxy groups -OCH3 is 1. The lowest BCUT2D eigenvalue weighted by Crippen LogP contribution is -2.00. The molecule has 1 heterocycles. The van der Waals surface area contributed by atoms with Gasteiger partial charge >= 0.3 is 0 Å². The molecule has 0 saturated carbocycles. The van der Waals surface area contributed by atoms with Crippen LogP contribution in [0, 0.1) is 0 Å². The fourth-order valence-corrected chi connectivity index (χ4v) is 1.76. The van der Waals surface area contributed by atoms with Crippen molar-refractivity contribution >= 4 is 11.9 Å². The molecule has 2 rings (SSSR count). The maximum atomic E-state index is 12.0. The molecule has 0 atom stereocenters. The van der Waals surface area contributed by atoms with Crippen LogP contribution in [0.5, 0.6) is 5.75 Å². The Kier molecular flexibility index (Phi) is 4.35. The number of nitrogens with zero attached hydrogens (tertiary/aromatic N) is 2. The van der Waals surface area contributed by atoms with E-state index in [2.05, 4.69) is 5.10 Å². The van der Waals surface area contributed by atoms with Gasteiger partial charge in [-0.1, -0.05) is 18.2 Å². The Labute approximate surface area is 118 Å². The number of hydrogen-bond acceptors (Lipinski definition) is 3. The van der Waals surface area contributed by atoms with Crippen molar-refractivity contribution in [1.29, 1.82) is 0 Å². The fourth-order valence-electron chi connectivity index (χ4n) is 1.76.